The molecule has 1 nitrogen and oxygen atoms in total. The third kappa shape index (κ3) is 1.77. The van der Waals surface area contributed by atoms with Crippen molar-refractivity contribution in [2.45, 2.75) is 84.2 Å². The fourth-order valence-corrected chi connectivity index (χ4v) is 7.23. The summed E-state index contributed by atoms with van der Waals surface area (Å²) in [7, 11) is 0. The number of fused-ring (bicyclic) bond motifs is 5. The summed E-state index contributed by atoms with van der Waals surface area (Å²) in [4.78, 5) is 0. The summed E-state index contributed by atoms with van der Waals surface area (Å²) >= 11 is 0. The molecule has 0 heterocycles. The molecule has 0 radical (unpaired) electrons. The van der Waals surface area contributed by atoms with Gasteiger partial charge in [-0.1, -0.05) is 20.3 Å². The summed E-state index contributed by atoms with van der Waals surface area (Å²) in [6, 6.07) is 0. The van der Waals surface area contributed by atoms with Gasteiger partial charge in [-0.2, -0.15) is 0 Å². The van der Waals surface area contributed by atoms with Gasteiger partial charge in [0.25, 0.3) is 0 Å². The molecule has 4 saturated carbocycles. The maximum atomic E-state index is 10.0. The Bertz CT molecular complexity index is 391. The van der Waals surface area contributed by atoms with E-state index >= 15 is 0 Å². The lowest BCUT2D eigenvalue weighted by molar-refractivity contribution is -0.120. The molecule has 1 N–H and O–H groups in total. The van der Waals surface area contributed by atoms with Gasteiger partial charge in [-0.25, -0.2) is 0 Å². The van der Waals surface area contributed by atoms with Crippen LogP contribution in [0.4, 0.5) is 0 Å². The minimum Gasteiger partial charge on any atom is -0.393 e. The molecule has 0 aliphatic heterocycles. The van der Waals surface area contributed by atoms with E-state index in [1.165, 1.54) is 51.4 Å². The molecule has 0 bridgehead atoms. The van der Waals surface area contributed by atoms with Gasteiger partial charge in [0.1, 0.15) is 0 Å². The number of aliphatic hydroxyl groups is 1. The second kappa shape index (κ2) is 4.48. The first-order valence-corrected chi connectivity index (χ1v) is 9.21. The van der Waals surface area contributed by atoms with Gasteiger partial charge in [0.15, 0.2) is 0 Å². The molecule has 0 aromatic rings. The van der Waals surface area contributed by atoms with Crippen molar-refractivity contribution in [2.75, 3.05) is 0 Å². The zero-order chi connectivity index (χ0) is 14.0. The first kappa shape index (κ1) is 13.6. The van der Waals surface area contributed by atoms with Crippen LogP contribution in [0.3, 0.4) is 0 Å². The molecule has 4 rings (SSSR count). The van der Waals surface area contributed by atoms with Gasteiger partial charge in [0.2, 0.25) is 0 Å². The number of rotatable bonds is 0. The van der Waals surface area contributed by atoms with Crippen molar-refractivity contribution in [3.05, 3.63) is 0 Å². The van der Waals surface area contributed by atoms with Gasteiger partial charge in [0, 0.05) is 0 Å². The predicted octanol–water partition coefficient (Wildman–Crippen LogP) is 4.78. The first-order chi connectivity index (χ1) is 9.53. The standard InChI is InChI=1S/C19H32O/c1-18-9-3-4-16(18)15-6-5-13-12-14(20)7-11-19(13,2)17(15)8-10-18/h13-17,20H,3-12H2,1-2H3/t13-,14-,15-,16-,17-,18-,19?/m0/s1. The summed E-state index contributed by atoms with van der Waals surface area (Å²) in [5, 5.41) is 10.0. The lowest BCUT2D eigenvalue weighted by atomic mass is 9.45. The Kier molecular flexibility index (Phi) is 3.05. The zero-order valence-corrected chi connectivity index (χ0v) is 13.4. The first-order valence-electron chi connectivity index (χ1n) is 9.21. The van der Waals surface area contributed by atoms with E-state index in [0.29, 0.717) is 10.8 Å². The van der Waals surface area contributed by atoms with Gasteiger partial charge in [-0.15, -0.1) is 0 Å². The van der Waals surface area contributed by atoms with Crippen LogP contribution in [-0.2, 0) is 0 Å². The SMILES string of the molecule is CC12CC[C@H](O)C[C@@H]1CC[C@@H]1[C@@H]2CC[C@]2(C)CCC[C@@H]12. The highest BCUT2D eigenvalue weighted by Gasteiger charge is 2.57. The Morgan fingerprint density at radius 2 is 1.70 bits per heavy atom. The van der Waals surface area contributed by atoms with Gasteiger partial charge in [-0.3, -0.25) is 0 Å². The van der Waals surface area contributed by atoms with Crippen LogP contribution in [0, 0.1) is 34.5 Å². The molecular formula is C19H32O. The highest BCUT2D eigenvalue weighted by atomic mass is 16.3. The lowest BCUT2D eigenvalue weighted by Gasteiger charge is -2.60. The Morgan fingerprint density at radius 1 is 0.850 bits per heavy atom. The van der Waals surface area contributed by atoms with Crippen molar-refractivity contribution >= 4 is 0 Å². The molecule has 0 aromatic heterocycles. The van der Waals surface area contributed by atoms with E-state index in [4.69, 9.17) is 0 Å². The maximum Gasteiger partial charge on any atom is 0.0543 e. The molecule has 4 aliphatic rings. The predicted molar refractivity (Wildman–Crippen MR) is 82.4 cm³/mol. The van der Waals surface area contributed by atoms with E-state index in [2.05, 4.69) is 13.8 Å². The third-order valence-electron chi connectivity index (χ3n) is 8.42. The summed E-state index contributed by atoms with van der Waals surface area (Å²) in [6.07, 6.45) is 13.8. The molecule has 1 heteroatoms. The molecule has 1 unspecified atom stereocenters. The van der Waals surface area contributed by atoms with Crippen LogP contribution in [0.5, 0.6) is 0 Å². The van der Waals surface area contributed by atoms with Crippen LogP contribution in [0.15, 0.2) is 0 Å². The molecule has 7 atom stereocenters. The second-order valence-electron chi connectivity index (χ2n) is 9.17. The Balaban J connectivity index is 1.62. The summed E-state index contributed by atoms with van der Waals surface area (Å²) in [5.74, 6) is 3.85. The Labute approximate surface area is 124 Å². The number of hydrogen-bond acceptors (Lipinski definition) is 1. The van der Waals surface area contributed by atoms with Crippen molar-refractivity contribution in [2.24, 2.45) is 34.5 Å². The number of hydrogen-bond donors (Lipinski definition) is 1. The summed E-state index contributed by atoms with van der Waals surface area (Å²) in [6.45, 7) is 5.19. The monoisotopic (exact) mass is 276 g/mol. The fourth-order valence-electron chi connectivity index (χ4n) is 7.23. The van der Waals surface area contributed by atoms with Crippen molar-refractivity contribution < 1.29 is 5.11 Å². The fraction of sp³-hybridized carbons (Fsp3) is 1.00. The average Bonchev–Trinajstić information content (AvgIpc) is 2.81. The van der Waals surface area contributed by atoms with E-state index in [1.54, 1.807) is 0 Å². The van der Waals surface area contributed by atoms with E-state index in [0.717, 1.165) is 36.5 Å². The molecule has 0 spiro atoms. The second-order valence-corrected chi connectivity index (χ2v) is 9.17. The normalized spacial score (nSPS) is 58.6. The van der Waals surface area contributed by atoms with Crippen LogP contribution < -0.4 is 0 Å². The Morgan fingerprint density at radius 3 is 2.55 bits per heavy atom. The molecule has 0 saturated heterocycles. The topological polar surface area (TPSA) is 20.2 Å². The molecule has 0 amide bonds. The van der Waals surface area contributed by atoms with Crippen LogP contribution >= 0.6 is 0 Å². The molecule has 0 aromatic carbocycles. The third-order valence-corrected chi connectivity index (χ3v) is 8.42. The van der Waals surface area contributed by atoms with Crippen molar-refractivity contribution in [3.63, 3.8) is 0 Å². The lowest BCUT2D eigenvalue weighted by Crippen LogP contribution is -2.53. The quantitative estimate of drug-likeness (QED) is 0.675. The Hall–Kier alpha value is -0.0400. The zero-order valence-electron chi connectivity index (χ0n) is 13.4. The highest BCUT2D eigenvalue weighted by Crippen LogP contribution is 2.66. The van der Waals surface area contributed by atoms with Crippen molar-refractivity contribution in [1.29, 1.82) is 0 Å². The smallest absolute Gasteiger partial charge is 0.0543 e. The molecule has 4 aliphatic carbocycles. The van der Waals surface area contributed by atoms with Crippen LogP contribution in [0.25, 0.3) is 0 Å². The van der Waals surface area contributed by atoms with E-state index in [-0.39, 0.29) is 6.10 Å². The van der Waals surface area contributed by atoms with Crippen LogP contribution in [-0.4, -0.2) is 11.2 Å². The number of aliphatic hydroxyl groups excluding tert-OH is 1. The maximum absolute atomic E-state index is 10.0. The average molecular weight is 276 g/mol. The van der Waals surface area contributed by atoms with E-state index in [9.17, 15) is 5.11 Å². The van der Waals surface area contributed by atoms with Crippen LogP contribution in [0.1, 0.15) is 78.1 Å². The largest absolute Gasteiger partial charge is 0.393 e. The molecule has 114 valence electrons. The minimum atomic E-state index is 0.00459. The molecular weight excluding hydrogens is 244 g/mol. The van der Waals surface area contributed by atoms with Crippen LogP contribution in [0.2, 0.25) is 0 Å². The summed E-state index contributed by atoms with van der Waals surface area (Å²) < 4.78 is 0. The van der Waals surface area contributed by atoms with Crippen molar-refractivity contribution in [1.82, 2.24) is 0 Å². The molecule has 4 fully saturated rings. The van der Waals surface area contributed by atoms with Crippen molar-refractivity contribution in [3.8, 4) is 0 Å². The molecule has 20 heavy (non-hydrogen) atoms. The summed E-state index contributed by atoms with van der Waals surface area (Å²) in [5.41, 5.74) is 1.25. The highest BCUT2D eigenvalue weighted by molar-refractivity contribution is 5.07. The van der Waals surface area contributed by atoms with E-state index in [1.807, 2.05) is 0 Å². The van der Waals surface area contributed by atoms with Gasteiger partial charge in [-0.05, 0) is 92.3 Å². The van der Waals surface area contributed by atoms with Gasteiger partial charge < -0.3 is 5.11 Å². The van der Waals surface area contributed by atoms with Gasteiger partial charge >= 0.3 is 0 Å². The van der Waals surface area contributed by atoms with E-state index < -0.39 is 0 Å². The minimum absolute atomic E-state index is 0.00459. The van der Waals surface area contributed by atoms with Gasteiger partial charge in [0.05, 0.1) is 6.10 Å².